The van der Waals surface area contributed by atoms with Crippen LogP contribution in [0.1, 0.15) is 51.2 Å². The minimum Gasteiger partial charge on any atom is -0.371 e. The van der Waals surface area contributed by atoms with Gasteiger partial charge in [0.25, 0.3) is 0 Å². The first-order chi connectivity index (χ1) is 11.1. The Morgan fingerprint density at radius 3 is 2.39 bits per heavy atom. The summed E-state index contributed by atoms with van der Waals surface area (Å²) < 4.78 is 0. The predicted octanol–water partition coefficient (Wildman–Crippen LogP) is 4.89. The first kappa shape index (κ1) is 18.3. The van der Waals surface area contributed by atoms with Gasteiger partial charge >= 0.3 is 0 Å². The molecule has 2 fully saturated rings. The number of hydrogen-bond donors (Lipinski definition) is 0. The third-order valence-electron chi connectivity index (χ3n) is 5.60. The number of likely N-dealkylation sites (tertiary alicyclic amines) is 1. The topological polar surface area (TPSA) is 6.48 Å². The molecular weight excluding hydrogens is 280 g/mol. The Bertz CT molecular complexity index is 475. The molecule has 0 amide bonds. The zero-order chi connectivity index (χ0) is 16.8. The Labute approximate surface area is 143 Å². The van der Waals surface area contributed by atoms with Crippen molar-refractivity contribution in [2.75, 3.05) is 37.6 Å². The van der Waals surface area contributed by atoms with Crippen LogP contribution in [0.15, 0.2) is 18.2 Å². The van der Waals surface area contributed by atoms with Gasteiger partial charge in [-0.25, -0.2) is 0 Å². The van der Waals surface area contributed by atoms with Crippen LogP contribution in [0.3, 0.4) is 0 Å². The second-order valence-corrected chi connectivity index (χ2v) is 7.30. The molecule has 2 aliphatic rings. The Hall–Kier alpha value is -1.02. The summed E-state index contributed by atoms with van der Waals surface area (Å²) in [7, 11) is 0. The molecular formula is C21H36N2. The van der Waals surface area contributed by atoms with Crippen molar-refractivity contribution in [3.05, 3.63) is 29.3 Å². The number of anilines is 1. The Morgan fingerprint density at radius 1 is 1.00 bits per heavy atom. The van der Waals surface area contributed by atoms with Gasteiger partial charge in [-0.2, -0.15) is 0 Å². The van der Waals surface area contributed by atoms with Gasteiger partial charge < -0.3 is 9.80 Å². The normalized spacial score (nSPS) is 22.8. The van der Waals surface area contributed by atoms with Gasteiger partial charge in [-0.3, -0.25) is 0 Å². The van der Waals surface area contributed by atoms with Crippen LogP contribution in [-0.4, -0.2) is 37.6 Å². The molecule has 23 heavy (non-hydrogen) atoms. The van der Waals surface area contributed by atoms with E-state index in [1.54, 1.807) is 0 Å². The van der Waals surface area contributed by atoms with Gasteiger partial charge in [-0.15, -0.1) is 0 Å². The van der Waals surface area contributed by atoms with Gasteiger partial charge in [-0.1, -0.05) is 32.9 Å². The van der Waals surface area contributed by atoms with E-state index in [1.165, 1.54) is 68.8 Å². The summed E-state index contributed by atoms with van der Waals surface area (Å²) in [6.45, 7) is 17.3. The Balaban J connectivity index is 0.000000924. The summed E-state index contributed by atoms with van der Waals surface area (Å²) in [4.78, 5) is 5.32. The van der Waals surface area contributed by atoms with E-state index in [0.717, 1.165) is 11.8 Å². The van der Waals surface area contributed by atoms with Gasteiger partial charge in [0.2, 0.25) is 0 Å². The number of aryl methyl sites for hydroxylation is 1. The van der Waals surface area contributed by atoms with Gasteiger partial charge in [-0.05, 0) is 75.2 Å². The quantitative estimate of drug-likeness (QED) is 0.783. The van der Waals surface area contributed by atoms with Crippen LogP contribution in [0.5, 0.6) is 0 Å². The van der Waals surface area contributed by atoms with E-state index in [4.69, 9.17) is 0 Å². The first-order valence-corrected chi connectivity index (χ1v) is 9.67. The third-order valence-corrected chi connectivity index (χ3v) is 5.60. The molecule has 2 heteroatoms. The highest BCUT2D eigenvalue weighted by Crippen LogP contribution is 2.29. The van der Waals surface area contributed by atoms with Crippen molar-refractivity contribution in [3.63, 3.8) is 0 Å². The van der Waals surface area contributed by atoms with Crippen molar-refractivity contribution < 1.29 is 0 Å². The molecule has 1 atom stereocenters. The molecule has 0 radical (unpaired) electrons. The fourth-order valence-corrected chi connectivity index (χ4v) is 3.89. The molecule has 2 saturated heterocycles. The SMILES string of the molecule is CC.Cc1cccc(N2CC[C@@H](CN3CCC(C)CC3)C2)c1C. The average Bonchev–Trinajstić information content (AvgIpc) is 3.02. The molecule has 0 bridgehead atoms. The third kappa shape index (κ3) is 4.73. The molecule has 2 nitrogen and oxygen atoms in total. The second kappa shape index (κ2) is 8.73. The van der Waals surface area contributed by atoms with Crippen LogP contribution in [-0.2, 0) is 0 Å². The summed E-state index contributed by atoms with van der Waals surface area (Å²) in [5.41, 5.74) is 4.34. The number of hydrogen-bond acceptors (Lipinski definition) is 2. The van der Waals surface area contributed by atoms with Crippen molar-refractivity contribution in [1.82, 2.24) is 4.90 Å². The maximum absolute atomic E-state index is 2.71. The first-order valence-electron chi connectivity index (χ1n) is 9.67. The van der Waals surface area contributed by atoms with E-state index in [2.05, 4.69) is 48.8 Å². The van der Waals surface area contributed by atoms with Crippen LogP contribution >= 0.6 is 0 Å². The lowest BCUT2D eigenvalue weighted by Gasteiger charge is -2.32. The summed E-state index contributed by atoms with van der Waals surface area (Å²) in [6, 6.07) is 6.73. The molecule has 130 valence electrons. The fraction of sp³-hybridized carbons (Fsp3) is 0.714. The maximum Gasteiger partial charge on any atom is 0.0398 e. The molecule has 2 aliphatic heterocycles. The standard InChI is InChI=1S/C19H30N2.C2H6/c1-15-7-10-20(11-8-15)13-18-9-12-21(14-18)19-6-4-5-16(2)17(19)3;1-2/h4-6,15,18H,7-14H2,1-3H3;1-2H3/t18-;/m0./s1. The Kier molecular flexibility index (Phi) is 6.95. The number of rotatable bonds is 3. The van der Waals surface area contributed by atoms with Crippen molar-refractivity contribution in [2.24, 2.45) is 11.8 Å². The monoisotopic (exact) mass is 316 g/mol. The molecule has 0 saturated carbocycles. The molecule has 3 rings (SSSR count). The molecule has 1 aromatic rings. The van der Waals surface area contributed by atoms with E-state index < -0.39 is 0 Å². The Morgan fingerprint density at radius 2 is 1.70 bits per heavy atom. The van der Waals surface area contributed by atoms with E-state index in [9.17, 15) is 0 Å². The molecule has 0 spiro atoms. The highest BCUT2D eigenvalue weighted by molar-refractivity contribution is 5.56. The molecule has 0 unspecified atom stereocenters. The zero-order valence-electron chi connectivity index (χ0n) is 15.9. The molecule has 0 aliphatic carbocycles. The highest BCUT2D eigenvalue weighted by atomic mass is 15.2. The van der Waals surface area contributed by atoms with E-state index in [1.807, 2.05) is 13.8 Å². The van der Waals surface area contributed by atoms with Gasteiger partial charge in [0.05, 0.1) is 0 Å². The van der Waals surface area contributed by atoms with Crippen molar-refractivity contribution in [3.8, 4) is 0 Å². The van der Waals surface area contributed by atoms with Crippen LogP contribution in [0.2, 0.25) is 0 Å². The minimum atomic E-state index is 0.860. The van der Waals surface area contributed by atoms with E-state index in [-0.39, 0.29) is 0 Å². The lowest BCUT2D eigenvalue weighted by atomic mass is 9.98. The average molecular weight is 317 g/mol. The van der Waals surface area contributed by atoms with Crippen molar-refractivity contribution in [1.29, 1.82) is 0 Å². The minimum absolute atomic E-state index is 0.860. The molecule has 1 aromatic carbocycles. The van der Waals surface area contributed by atoms with E-state index in [0.29, 0.717) is 0 Å². The van der Waals surface area contributed by atoms with Gasteiger partial charge in [0.15, 0.2) is 0 Å². The zero-order valence-corrected chi connectivity index (χ0v) is 15.9. The van der Waals surface area contributed by atoms with Gasteiger partial charge in [0, 0.05) is 25.3 Å². The molecule has 2 heterocycles. The smallest absolute Gasteiger partial charge is 0.0398 e. The second-order valence-electron chi connectivity index (χ2n) is 7.30. The molecule has 0 N–H and O–H groups in total. The van der Waals surface area contributed by atoms with Crippen LogP contribution < -0.4 is 4.90 Å². The number of piperidine rings is 1. The predicted molar refractivity (Wildman–Crippen MR) is 102 cm³/mol. The fourth-order valence-electron chi connectivity index (χ4n) is 3.89. The van der Waals surface area contributed by atoms with Crippen molar-refractivity contribution in [2.45, 2.75) is 53.9 Å². The highest BCUT2D eigenvalue weighted by Gasteiger charge is 2.26. The van der Waals surface area contributed by atoms with Gasteiger partial charge in [0.1, 0.15) is 0 Å². The lowest BCUT2D eigenvalue weighted by molar-refractivity contribution is 0.171. The summed E-state index contributed by atoms with van der Waals surface area (Å²) in [6.07, 6.45) is 4.15. The van der Waals surface area contributed by atoms with E-state index >= 15 is 0 Å². The largest absolute Gasteiger partial charge is 0.371 e. The van der Waals surface area contributed by atoms with Crippen LogP contribution in [0, 0.1) is 25.7 Å². The van der Waals surface area contributed by atoms with Crippen LogP contribution in [0.25, 0.3) is 0 Å². The van der Waals surface area contributed by atoms with Crippen LogP contribution in [0.4, 0.5) is 5.69 Å². The summed E-state index contributed by atoms with van der Waals surface area (Å²) in [5, 5.41) is 0. The number of nitrogens with zero attached hydrogens (tertiary/aromatic N) is 2. The number of benzene rings is 1. The summed E-state index contributed by atoms with van der Waals surface area (Å²) in [5.74, 6) is 1.80. The lowest BCUT2D eigenvalue weighted by Crippen LogP contribution is -2.37. The maximum atomic E-state index is 2.71. The van der Waals surface area contributed by atoms with Crippen molar-refractivity contribution >= 4 is 5.69 Å². The molecule has 0 aromatic heterocycles. The summed E-state index contributed by atoms with van der Waals surface area (Å²) >= 11 is 0.